The second-order valence-corrected chi connectivity index (χ2v) is 8.54. The summed E-state index contributed by atoms with van der Waals surface area (Å²) in [5.74, 6) is 0.490. The van der Waals surface area contributed by atoms with Gasteiger partial charge in [-0.1, -0.05) is 29.4 Å². The highest BCUT2D eigenvalue weighted by Gasteiger charge is 2.15. The molecule has 8 nitrogen and oxygen atoms in total. The largest absolute Gasteiger partial charge is 0.325 e. The molecule has 2 N–H and O–H groups in total. The number of anilines is 2. The van der Waals surface area contributed by atoms with Crippen molar-refractivity contribution in [2.75, 3.05) is 16.4 Å². The third-order valence-electron chi connectivity index (χ3n) is 4.82. The number of rotatable bonds is 8. The first-order valence-corrected chi connectivity index (χ1v) is 11.8. The molecule has 4 rings (SSSR count). The van der Waals surface area contributed by atoms with Crippen LogP contribution in [0.1, 0.15) is 17.3 Å². The minimum absolute atomic E-state index is 0.170. The quantitative estimate of drug-likeness (QED) is 0.336. The zero-order valence-electron chi connectivity index (χ0n) is 18.2. The molecule has 0 atom stereocenters. The third kappa shape index (κ3) is 5.81. The SMILES string of the molecule is CCn1c(SCC(=O)Nc2ccc(NC(=O)c3cccc(Cl)c3)cc2)nnc1-c1ccncc1. The predicted molar refractivity (Wildman–Crippen MR) is 134 cm³/mol. The molecule has 0 aliphatic carbocycles. The number of nitrogens with one attached hydrogen (secondary N) is 2. The number of hydrogen-bond acceptors (Lipinski definition) is 6. The molecule has 2 heterocycles. The molecule has 34 heavy (non-hydrogen) atoms. The maximum Gasteiger partial charge on any atom is 0.255 e. The van der Waals surface area contributed by atoms with Crippen LogP contribution < -0.4 is 10.6 Å². The van der Waals surface area contributed by atoms with Crippen LogP contribution >= 0.6 is 23.4 Å². The van der Waals surface area contributed by atoms with Crippen molar-refractivity contribution in [3.8, 4) is 11.4 Å². The van der Waals surface area contributed by atoms with E-state index in [4.69, 9.17) is 11.6 Å². The number of halogens is 1. The van der Waals surface area contributed by atoms with E-state index >= 15 is 0 Å². The molecule has 2 aromatic carbocycles. The Kier molecular flexibility index (Phi) is 7.56. The summed E-state index contributed by atoms with van der Waals surface area (Å²) in [6.45, 7) is 2.68. The number of benzene rings is 2. The van der Waals surface area contributed by atoms with Crippen molar-refractivity contribution in [1.29, 1.82) is 0 Å². The molecular weight excluding hydrogens is 472 g/mol. The number of carbonyl (C=O) groups excluding carboxylic acids is 2. The van der Waals surface area contributed by atoms with E-state index in [-0.39, 0.29) is 17.6 Å². The monoisotopic (exact) mass is 492 g/mol. The standard InChI is InChI=1S/C24H21ClN6O2S/c1-2-31-22(16-10-12-26-13-11-16)29-30-24(31)34-15-21(32)27-19-6-8-20(9-7-19)28-23(33)17-4-3-5-18(25)14-17/h3-14H,2,15H2,1H3,(H,27,32)(H,28,33). The van der Waals surface area contributed by atoms with Crippen molar-refractivity contribution < 1.29 is 9.59 Å². The van der Waals surface area contributed by atoms with E-state index in [0.717, 1.165) is 11.4 Å². The first kappa shape index (κ1) is 23.5. The summed E-state index contributed by atoms with van der Waals surface area (Å²) in [6, 6.07) is 17.4. The van der Waals surface area contributed by atoms with E-state index in [1.165, 1.54) is 11.8 Å². The van der Waals surface area contributed by atoms with Crippen molar-refractivity contribution in [2.24, 2.45) is 0 Å². The minimum atomic E-state index is -0.262. The summed E-state index contributed by atoms with van der Waals surface area (Å²) in [5, 5.41) is 15.3. The Morgan fingerprint density at radius 2 is 1.68 bits per heavy atom. The fraction of sp³-hybridized carbons (Fsp3) is 0.125. The van der Waals surface area contributed by atoms with Crippen LogP contribution in [0.2, 0.25) is 5.02 Å². The lowest BCUT2D eigenvalue weighted by molar-refractivity contribution is -0.113. The zero-order chi connectivity index (χ0) is 23.9. The van der Waals surface area contributed by atoms with E-state index in [1.807, 2.05) is 23.6 Å². The van der Waals surface area contributed by atoms with E-state index in [1.54, 1.807) is 60.9 Å². The van der Waals surface area contributed by atoms with E-state index < -0.39 is 0 Å². The Balaban J connectivity index is 1.32. The van der Waals surface area contributed by atoms with E-state index in [0.29, 0.717) is 33.7 Å². The van der Waals surface area contributed by atoms with Gasteiger partial charge < -0.3 is 15.2 Å². The van der Waals surface area contributed by atoms with Gasteiger partial charge in [0, 0.05) is 46.5 Å². The Morgan fingerprint density at radius 3 is 2.35 bits per heavy atom. The maximum absolute atomic E-state index is 12.5. The lowest BCUT2D eigenvalue weighted by atomic mass is 10.2. The number of pyridine rings is 1. The molecule has 0 bridgehead atoms. The maximum atomic E-state index is 12.5. The number of nitrogens with zero attached hydrogens (tertiary/aromatic N) is 4. The molecule has 0 spiro atoms. The summed E-state index contributed by atoms with van der Waals surface area (Å²) in [7, 11) is 0. The summed E-state index contributed by atoms with van der Waals surface area (Å²) >= 11 is 7.26. The van der Waals surface area contributed by atoms with Gasteiger partial charge in [0.25, 0.3) is 5.91 Å². The molecule has 0 radical (unpaired) electrons. The van der Waals surface area contributed by atoms with Crippen LogP contribution in [0.4, 0.5) is 11.4 Å². The molecule has 2 aromatic heterocycles. The molecule has 10 heteroatoms. The van der Waals surface area contributed by atoms with E-state index in [9.17, 15) is 9.59 Å². The lowest BCUT2D eigenvalue weighted by Gasteiger charge is -2.09. The lowest BCUT2D eigenvalue weighted by Crippen LogP contribution is -2.15. The summed E-state index contributed by atoms with van der Waals surface area (Å²) < 4.78 is 1.96. The average molecular weight is 493 g/mol. The molecule has 0 fully saturated rings. The van der Waals surface area contributed by atoms with Gasteiger partial charge in [-0.05, 0) is 61.5 Å². The second kappa shape index (κ2) is 11.0. The van der Waals surface area contributed by atoms with Crippen LogP contribution in [0.3, 0.4) is 0 Å². The first-order chi connectivity index (χ1) is 16.5. The highest BCUT2D eigenvalue weighted by Crippen LogP contribution is 2.24. The second-order valence-electron chi connectivity index (χ2n) is 7.17. The minimum Gasteiger partial charge on any atom is -0.325 e. The molecule has 0 saturated carbocycles. The van der Waals surface area contributed by atoms with Crippen molar-refractivity contribution in [3.05, 3.63) is 83.6 Å². The Labute approximate surface area is 205 Å². The van der Waals surface area contributed by atoms with Crippen LogP contribution in [-0.4, -0.2) is 37.3 Å². The predicted octanol–water partition coefficient (Wildman–Crippen LogP) is 5.00. The fourth-order valence-corrected chi connectivity index (χ4v) is 4.18. The van der Waals surface area contributed by atoms with Crippen molar-refractivity contribution in [2.45, 2.75) is 18.6 Å². The van der Waals surface area contributed by atoms with Gasteiger partial charge in [-0.3, -0.25) is 14.6 Å². The van der Waals surface area contributed by atoms with Crippen molar-refractivity contribution >= 4 is 46.6 Å². The highest BCUT2D eigenvalue weighted by molar-refractivity contribution is 7.99. The van der Waals surface area contributed by atoms with Gasteiger partial charge in [0.2, 0.25) is 5.91 Å². The van der Waals surface area contributed by atoms with Gasteiger partial charge in [-0.25, -0.2) is 0 Å². The average Bonchev–Trinajstić information content (AvgIpc) is 3.27. The number of aromatic nitrogens is 4. The Morgan fingerprint density at radius 1 is 0.971 bits per heavy atom. The van der Waals surface area contributed by atoms with Gasteiger partial charge in [0.05, 0.1) is 5.75 Å². The molecule has 2 amide bonds. The topological polar surface area (TPSA) is 102 Å². The number of amides is 2. The molecule has 0 aliphatic heterocycles. The Bertz CT molecular complexity index is 1290. The number of thioether (sulfide) groups is 1. The van der Waals surface area contributed by atoms with Crippen molar-refractivity contribution in [3.63, 3.8) is 0 Å². The van der Waals surface area contributed by atoms with Crippen molar-refractivity contribution in [1.82, 2.24) is 19.7 Å². The molecular formula is C24H21ClN6O2S. The third-order valence-corrected chi connectivity index (χ3v) is 6.02. The fourth-order valence-electron chi connectivity index (χ4n) is 3.19. The summed E-state index contributed by atoms with van der Waals surface area (Å²) in [6.07, 6.45) is 3.41. The molecule has 172 valence electrons. The Hall–Kier alpha value is -3.69. The normalized spacial score (nSPS) is 10.6. The summed E-state index contributed by atoms with van der Waals surface area (Å²) in [4.78, 5) is 28.8. The van der Waals surface area contributed by atoms with Gasteiger partial charge in [-0.2, -0.15) is 0 Å². The number of carbonyl (C=O) groups is 2. The molecule has 0 saturated heterocycles. The van der Waals surface area contributed by atoms with Gasteiger partial charge >= 0.3 is 0 Å². The van der Waals surface area contributed by atoms with E-state index in [2.05, 4.69) is 25.8 Å². The van der Waals surface area contributed by atoms with Crippen LogP contribution in [0, 0.1) is 0 Å². The van der Waals surface area contributed by atoms with Crippen LogP contribution in [0.15, 0.2) is 78.2 Å². The molecule has 0 unspecified atom stereocenters. The molecule has 4 aromatic rings. The summed E-state index contributed by atoms with van der Waals surface area (Å²) in [5.41, 5.74) is 2.62. The van der Waals surface area contributed by atoms with Crippen LogP contribution in [0.5, 0.6) is 0 Å². The highest BCUT2D eigenvalue weighted by atomic mass is 35.5. The van der Waals surface area contributed by atoms with Crippen LogP contribution in [-0.2, 0) is 11.3 Å². The van der Waals surface area contributed by atoms with Gasteiger partial charge in [-0.15, -0.1) is 10.2 Å². The first-order valence-electron chi connectivity index (χ1n) is 10.5. The smallest absolute Gasteiger partial charge is 0.255 e. The molecule has 0 aliphatic rings. The van der Waals surface area contributed by atoms with Crippen LogP contribution in [0.25, 0.3) is 11.4 Å². The van der Waals surface area contributed by atoms with Gasteiger partial charge in [0.15, 0.2) is 11.0 Å². The number of hydrogen-bond donors (Lipinski definition) is 2. The zero-order valence-corrected chi connectivity index (χ0v) is 19.8. The van der Waals surface area contributed by atoms with Gasteiger partial charge in [0.1, 0.15) is 0 Å².